The number of ether oxygens (including phenoxy) is 4. The van der Waals surface area contributed by atoms with Gasteiger partial charge in [0.15, 0.2) is 17.3 Å². The second kappa shape index (κ2) is 11.1. The molecular weight excluding hydrogens is 412 g/mol. The smallest absolute Gasteiger partial charge is 0.251 e. The van der Waals surface area contributed by atoms with Crippen LogP contribution in [0.4, 0.5) is 0 Å². The lowest BCUT2D eigenvalue weighted by Gasteiger charge is -2.17. The number of amides is 1. The Kier molecular flexibility index (Phi) is 7.96. The molecule has 1 N–H and O–H groups in total. The van der Waals surface area contributed by atoms with Crippen molar-refractivity contribution in [2.45, 2.75) is 27.3 Å². The number of nitrogens with one attached hydrogen (secondary N) is 1. The van der Waals surface area contributed by atoms with Crippen LogP contribution >= 0.6 is 0 Å². The van der Waals surface area contributed by atoms with Crippen molar-refractivity contribution in [3.63, 3.8) is 0 Å². The molecule has 0 aliphatic rings. The average Bonchev–Trinajstić information content (AvgIpc) is 3.29. The van der Waals surface area contributed by atoms with Gasteiger partial charge in [-0.15, -0.1) is 0 Å². The van der Waals surface area contributed by atoms with E-state index in [2.05, 4.69) is 10.5 Å². The van der Waals surface area contributed by atoms with Gasteiger partial charge >= 0.3 is 0 Å². The molecule has 0 aliphatic carbocycles. The Morgan fingerprint density at radius 3 is 2.28 bits per heavy atom. The molecular formula is C24H28N2O6. The highest BCUT2D eigenvalue weighted by Gasteiger charge is 2.18. The predicted octanol–water partition coefficient (Wildman–Crippen LogP) is 4.48. The molecule has 1 heterocycles. The van der Waals surface area contributed by atoms with Crippen molar-refractivity contribution in [1.82, 2.24) is 10.5 Å². The van der Waals surface area contributed by atoms with E-state index in [4.69, 9.17) is 23.5 Å². The lowest BCUT2D eigenvalue weighted by atomic mass is 10.1. The van der Waals surface area contributed by atoms with Gasteiger partial charge in [0.25, 0.3) is 5.91 Å². The number of benzene rings is 2. The van der Waals surface area contributed by atoms with Crippen LogP contribution < -0.4 is 24.3 Å². The third-order valence-electron chi connectivity index (χ3n) is 4.51. The average molecular weight is 440 g/mol. The highest BCUT2D eigenvalue weighted by atomic mass is 16.5. The zero-order chi connectivity index (χ0) is 22.9. The first kappa shape index (κ1) is 23.0. The van der Waals surface area contributed by atoms with E-state index >= 15 is 0 Å². The molecule has 1 amide bonds. The van der Waals surface area contributed by atoms with Crippen LogP contribution in [-0.2, 0) is 6.54 Å². The summed E-state index contributed by atoms with van der Waals surface area (Å²) in [5.41, 5.74) is 1.83. The van der Waals surface area contributed by atoms with Crippen LogP contribution in [0, 0.1) is 0 Å². The van der Waals surface area contributed by atoms with E-state index in [-0.39, 0.29) is 12.5 Å². The molecule has 0 spiro atoms. The SMILES string of the molecule is CCOc1cc(C(=O)NCc2cc(-c3cccc(OC)c3)on2)cc(OCC)c1OCC. The zero-order valence-corrected chi connectivity index (χ0v) is 18.8. The van der Waals surface area contributed by atoms with Gasteiger partial charge in [0, 0.05) is 17.2 Å². The van der Waals surface area contributed by atoms with Crippen LogP contribution in [0.3, 0.4) is 0 Å². The third kappa shape index (κ3) is 5.51. The second-order valence-electron chi connectivity index (χ2n) is 6.70. The number of carbonyl (C=O) groups is 1. The number of hydrogen-bond acceptors (Lipinski definition) is 7. The number of hydrogen-bond donors (Lipinski definition) is 1. The van der Waals surface area contributed by atoms with Crippen molar-refractivity contribution in [2.24, 2.45) is 0 Å². The fourth-order valence-electron chi connectivity index (χ4n) is 3.10. The molecule has 0 fully saturated rings. The maximum Gasteiger partial charge on any atom is 0.251 e. The molecule has 3 rings (SSSR count). The van der Waals surface area contributed by atoms with Crippen molar-refractivity contribution in [2.75, 3.05) is 26.9 Å². The highest BCUT2D eigenvalue weighted by Crippen LogP contribution is 2.39. The minimum absolute atomic E-state index is 0.202. The Hall–Kier alpha value is -3.68. The van der Waals surface area contributed by atoms with Crippen molar-refractivity contribution >= 4 is 5.91 Å². The van der Waals surface area contributed by atoms with Gasteiger partial charge in [0.05, 0.1) is 33.5 Å². The molecule has 0 saturated carbocycles. The third-order valence-corrected chi connectivity index (χ3v) is 4.51. The summed E-state index contributed by atoms with van der Waals surface area (Å²) in [6.45, 7) is 7.14. The van der Waals surface area contributed by atoms with Crippen molar-refractivity contribution in [3.8, 4) is 34.3 Å². The number of carbonyl (C=O) groups excluding carboxylic acids is 1. The van der Waals surface area contributed by atoms with E-state index in [9.17, 15) is 4.79 Å². The summed E-state index contributed by atoms with van der Waals surface area (Å²) in [6.07, 6.45) is 0. The van der Waals surface area contributed by atoms with E-state index in [0.717, 1.165) is 11.3 Å². The van der Waals surface area contributed by atoms with Crippen molar-refractivity contribution < 1.29 is 28.3 Å². The van der Waals surface area contributed by atoms with E-state index in [0.29, 0.717) is 54.1 Å². The molecule has 1 aromatic heterocycles. The second-order valence-corrected chi connectivity index (χ2v) is 6.70. The maximum absolute atomic E-state index is 12.8. The molecule has 0 bridgehead atoms. The Morgan fingerprint density at radius 2 is 1.66 bits per heavy atom. The number of rotatable bonds is 11. The summed E-state index contributed by atoms with van der Waals surface area (Å²) >= 11 is 0. The lowest BCUT2D eigenvalue weighted by Crippen LogP contribution is -2.23. The molecule has 2 aromatic carbocycles. The summed E-state index contributed by atoms with van der Waals surface area (Å²) in [4.78, 5) is 12.8. The van der Waals surface area contributed by atoms with Crippen molar-refractivity contribution in [3.05, 3.63) is 53.7 Å². The predicted molar refractivity (Wildman–Crippen MR) is 120 cm³/mol. The van der Waals surface area contributed by atoms with Gasteiger partial charge in [-0.3, -0.25) is 4.79 Å². The monoisotopic (exact) mass is 440 g/mol. The molecule has 0 aliphatic heterocycles. The number of aromatic nitrogens is 1. The van der Waals surface area contributed by atoms with Gasteiger partial charge in [-0.1, -0.05) is 17.3 Å². The van der Waals surface area contributed by atoms with Crippen LogP contribution in [0.5, 0.6) is 23.0 Å². The molecule has 0 atom stereocenters. The number of methoxy groups -OCH3 is 1. The summed E-state index contributed by atoms with van der Waals surface area (Å²) in [5.74, 6) is 2.44. The molecule has 0 unspecified atom stereocenters. The first-order valence-electron chi connectivity index (χ1n) is 10.5. The first-order chi connectivity index (χ1) is 15.6. The molecule has 170 valence electrons. The quantitative estimate of drug-likeness (QED) is 0.470. The molecule has 3 aromatic rings. The van der Waals surface area contributed by atoms with E-state index in [1.807, 2.05) is 45.0 Å². The summed E-state index contributed by atoms with van der Waals surface area (Å²) < 4.78 is 27.7. The fraction of sp³-hybridized carbons (Fsp3) is 0.333. The van der Waals surface area contributed by atoms with Crippen molar-refractivity contribution in [1.29, 1.82) is 0 Å². The standard InChI is InChI=1S/C24H28N2O6/c1-5-29-21-12-17(13-22(30-6-2)23(21)31-7-3)24(27)25-15-18-14-20(32-26-18)16-9-8-10-19(11-16)28-4/h8-14H,5-7,15H2,1-4H3,(H,25,27). The first-order valence-corrected chi connectivity index (χ1v) is 10.5. The fourth-order valence-corrected chi connectivity index (χ4v) is 3.10. The minimum Gasteiger partial charge on any atom is -0.497 e. The summed E-state index contributed by atoms with van der Waals surface area (Å²) in [5, 5.41) is 6.90. The molecule has 0 saturated heterocycles. The van der Waals surface area contributed by atoms with Crippen LogP contribution in [0.25, 0.3) is 11.3 Å². The van der Waals surface area contributed by atoms with Gasteiger partial charge in [-0.05, 0) is 45.0 Å². The Bertz CT molecular complexity index is 1020. The van der Waals surface area contributed by atoms with E-state index < -0.39 is 0 Å². The minimum atomic E-state index is -0.291. The van der Waals surface area contributed by atoms with Crippen LogP contribution in [0.15, 0.2) is 47.0 Å². The molecule has 8 nitrogen and oxygen atoms in total. The Labute approximate surface area is 187 Å². The van der Waals surface area contributed by atoms with Gasteiger partial charge < -0.3 is 28.8 Å². The summed E-state index contributed by atoms with van der Waals surface area (Å²) in [7, 11) is 1.61. The number of nitrogens with zero attached hydrogens (tertiary/aromatic N) is 1. The van der Waals surface area contributed by atoms with Gasteiger partial charge in [0.1, 0.15) is 11.4 Å². The molecule has 0 radical (unpaired) electrons. The van der Waals surface area contributed by atoms with Crippen LogP contribution in [0.2, 0.25) is 0 Å². The normalized spacial score (nSPS) is 10.5. The molecule has 32 heavy (non-hydrogen) atoms. The Balaban J connectivity index is 1.75. The highest BCUT2D eigenvalue weighted by molar-refractivity contribution is 5.95. The van der Waals surface area contributed by atoms with Crippen LogP contribution in [0.1, 0.15) is 36.8 Å². The zero-order valence-electron chi connectivity index (χ0n) is 18.8. The van der Waals surface area contributed by atoms with Gasteiger partial charge in [-0.2, -0.15) is 0 Å². The largest absolute Gasteiger partial charge is 0.497 e. The topological polar surface area (TPSA) is 92.1 Å². The van der Waals surface area contributed by atoms with Gasteiger partial charge in [0.2, 0.25) is 5.75 Å². The van der Waals surface area contributed by atoms with E-state index in [1.165, 1.54) is 0 Å². The Morgan fingerprint density at radius 1 is 0.969 bits per heavy atom. The lowest BCUT2D eigenvalue weighted by molar-refractivity contribution is 0.0949. The summed E-state index contributed by atoms with van der Waals surface area (Å²) in [6, 6.07) is 12.6. The maximum atomic E-state index is 12.8. The van der Waals surface area contributed by atoms with Crippen LogP contribution in [-0.4, -0.2) is 38.0 Å². The van der Waals surface area contributed by atoms with Gasteiger partial charge in [-0.25, -0.2) is 0 Å². The molecule has 8 heteroatoms. The van der Waals surface area contributed by atoms with E-state index in [1.54, 1.807) is 25.3 Å².